The van der Waals surface area contributed by atoms with Crippen molar-refractivity contribution >= 4 is 5.70 Å². The van der Waals surface area contributed by atoms with Crippen molar-refractivity contribution in [2.24, 2.45) is 10.9 Å². The Hall–Kier alpha value is -1.35. The summed E-state index contributed by atoms with van der Waals surface area (Å²) < 4.78 is 0. The number of rotatable bonds is 0. The number of fused-ring (bicyclic) bond motifs is 2. The quantitative estimate of drug-likeness (QED) is 0.536. The first-order valence-corrected chi connectivity index (χ1v) is 4.58. The van der Waals surface area contributed by atoms with Gasteiger partial charge < -0.3 is 5.43 Å². The van der Waals surface area contributed by atoms with E-state index in [2.05, 4.69) is 34.0 Å². The summed E-state index contributed by atoms with van der Waals surface area (Å²) in [6.45, 7) is 1.90. The number of hydrogen-bond donors (Lipinski definition) is 2. The zero-order valence-electron chi connectivity index (χ0n) is 7.25. The summed E-state index contributed by atoms with van der Waals surface area (Å²) in [4.78, 5) is 4.53. The van der Waals surface area contributed by atoms with E-state index in [0.717, 1.165) is 18.4 Å². The van der Waals surface area contributed by atoms with E-state index in [4.69, 9.17) is 0 Å². The molecule has 1 aromatic carbocycles. The third-order valence-corrected chi connectivity index (χ3v) is 2.66. The Balaban J connectivity index is 2.38. The van der Waals surface area contributed by atoms with E-state index in [9.17, 15) is 0 Å². The maximum Gasteiger partial charge on any atom is 0.0664 e. The van der Waals surface area contributed by atoms with Gasteiger partial charge in [-0.1, -0.05) is 18.2 Å². The zero-order chi connectivity index (χ0) is 8.67. The van der Waals surface area contributed by atoms with E-state index in [-0.39, 0.29) is 0 Å². The highest BCUT2D eigenvalue weighted by Gasteiger charge is 2.22. The second-order valence-corrected chi connectivity index (χ2v) is 3.47. The summed E-state index contributed by atoms with van der Waals surface area (Å²) in [5, 5.41) is 2.37. The summed E-state index contributed by atoms with van der Waals surface area (Å²) in [5.74, 6) is 0.551. The number of benzene rings is 1. The zero-order valence-corrected chi connectivity index (χ0v) is 7.25. The van der Waals surface area contributed by atoms with Crippen LogP contribution in [-0.4, -0.2) is 13.1 Å². The Bertz CT molecular complexity index is 449. The summed E-state index contributed by atoms with van der Waals surface area (Å²) in [7, 11) is 0. The highest BCUT2D eigenvalue weighted by molar-refractivity contribution is 5.48. The molecule has 2 aliphatic rings. The lowest BCUT2D eigenvalue weighted by Crippen LogP contribution is -2.36. The monoisotopic (exact) mass is 173 g/mol. The molecule has 3 heteroatoms. The van der Waals surface area contributed by atoms with Gasteiger partial charge in [-0.15, -0.1) is 0 Å². The fourth-order valence-corrected chi connectivity index (χ4v) is 1.96. The van der Waals surface area contributed by atoms with Crippen LogP contribution in [0.4, 0.5) is 0 Å². The average molecular weight is 173 g/mol. The molecule has 0 radical (unpaired) electrons. The predicted molar refractivity (Wildman–Crippen MR) is 50.1 cm³/mol. The van der Waals surface area contributed by atoms with Gasteiger partial charge in [0.25, 0.3) is 0 Å². The fraction of sp³-hybridized carbons (Fsp3) is 0.300. The number of hydrazine groups is 1. The number of para-hydroxylation sites is 1. The Labute approximate surface area is 76.2 Å². The van der Waals surface area contributed by atoms with Crippen LogP contribution in [0.1, 0.15) is 0 Å². The molecule has 1 fully saturated rings. The van der Waals surface area contributed by atoms with Crippen LogP contribution in [0.15, 0.2) is 29.3 Å². The highest BCUT2D eigenvalue weighted by Crippen LogP contribution is 2.12. The molecule has 0 amide bonds. The summed E-state index contributed by atoms with van der Waals surface area (Å²) in [6.07, 6.45) is 0. The minimum absolute atomic E-state index is 0.551. The van der Waals surface area contributed by atoms with Crippen LogP contribution in [-0.2, 0) is 0 Å². The van der Waals surface area contributed by atoms with Crippen molar-refractivity contribution in [1.82, 2.24) is 10.9 Å². The van der Waals surface area contributed by atoms with Crippen molar-refractivity contribution in [3.63, 3.8) is 0 Å². The van der Waals surface area contributed by atoms with E-state index >= 15 is 0 Å². The number of nitrogens with one attached hydrogen (secondary N) is 2. The molecule has 0 bridgehead atoms. The molecule has 1 saturated heterocycles. The van der Waals surface area contributed by atoms with E-state index in [0.29, 0.717) is 5.92 Å². The molecule has 3 rings (SSSR count). The molecule has 2 heterocycles. The van der Waals surface area contributed by atoms with Gasteiger partial charge in [0.1, 0.15) is 0 Å². The van der Waals surface area contributed by atoms with Gasteiger partial charge >= 0.3 is 0 Å². The molecule has 3 nitrogen and oxygen atoms in total. The van der Waals surface area contributed by atoms with E-state index in [1.807, 2.05) is 6.07 Å². The molecule has 13 heavy (non-hydrogen) atoms. The van der Waals surface area contributed by atoms with Crippen LogP contribution >= 0.6 is 0 Å². The van der Waals surface area contributed by atoms with E-state index in [1.54, 1.807) is 0 Å². The number of nitrogens with zero attached hydrogens (tertiary/aromatic N) is 1. The van der Waals surface area contributed by atoms with Crippen LogP contribution in [0.5, 0.6) is 0 Å². The Morgan fingerprint density at radius 3 is 3.23 bits per heavy atom. The molecular formula is C10H11N3. The Kier molecular flexibility index (Phi) is 1.40. The average Bonchev–Trinajstić information content (AvgIpc) is 2.65. The van der Waals surface area contributed by atoms with Gasteiger partial charge in [0, 0.05) is 29.9 Å². The van der Waals surface area contributed by atoms with Crippen LogP contribution in [0.3, 0.4) is 0 Å². The lowest BCUT2D eigenvalue weighted by Gasteiger charge is -2.11. The highest BCUT2D eigenvalue weighted by atomic mass is 15.4. The van der Waals surface area contributed by atoms with E-state index < -0.39 is 0 Å². The molecule has 2 aliphatic heterocycles. The van der Waals surface area contributed by atoms with Crippen molar-refractivity contribution in [2.45, 2.75) is 0 Å². The van der Waals surface area contributed by atoms with Gasteiger partial charge in [-0.25, -0.2) is 5.43 Å². The maximum absolute atomic E-state index is 4.53. The summed E-state index contributed by atoms with van der Waals surface area (Å²) in [6, 6.07) is 8.29. The third kappa shape index (κ3) is 0.971. The predicted octanol–water partition coefficient (Wildman–Crippen LogP) is -0.848. The lowest BCUT2D eigenvalue weighted by atomic mass is 10.0. The SMILES string of the molecule is c1ccc2c(c1)=NCC1CNNC=21. The minimum Gasteiger partial charge on any atom is -0.324 e. The first kappa shape index (κ1) is 7.09. The summed E-state index contributed by atoms with van der Waals surface area (Å²) >= 11 is 0. The smallest absolute Gasteiger partial charge is 0.0664 e. The molecule has 1 atom stereocenters. The van der Waals surface area contributed by atoms with Crippen molar-refractivity contribution in [3.05, 3.63) is 34.8 Å². The molecule has 2 N–H and O–H groups in total. The van der Waals surface area contributed by atoms with Crippen LogP contribution in [0.25, 0.3) is 5.70 Å². The Morgan fingerprint density at radius 2 is 2.23 bits per heavy atom. The van der Waals surface area contributed by atoms with Crippen molar-refractivity contribution in [3.8, 4) is 0 Å². The normalized spacial score (nSPS) is 24.3. The van der Waals surface area contributed by atoms with Gasteiger partial charge in [-0.05, 0) is 6.07 Å². The molecule has 1 unspecified atom stereocenters. The summed E-state index contributed by atoms with van der Waals surface area (Å²) in [5.41, 5.74) is 7.69. The second-order valence-electron chi connectivity index (χ2n) is 3.47. The van der Waals surface area contributed by atoms with Crippen molar-refractivity contribution in [1.29, 1.82) is 0 Å². The lowest BCUT2D eigenvalue weighted by molar-refractivity contribution is 0.651. The molecule has 0 aliphatic carbocycles. The van der Waals surface area contributed by atoms with E-state index in [1.165, 1.54) is 10.9 Å². The fourth-order valence-electron chi connectivity index (χ4n) is 1.96. The maximum atomic E-state index is 4.53. The molecule has 66 valence electrons. The first-order chi connectivity index (χ1) is 6.45. The van der Waals surface area contributed by atoms with Crippen molar-refractivity contribution in [2.75, 3.05) is 13.1 Å². The minimum atomic E-state index is 0.551. The van der Waals surface area contributed by atoms with Crippen LogP contribution in [0.2, 0.25) is 0 Å². The molecule has 1 aromatic rings. The second kappa shape index (κ2) is 2.57. The van der Waals surface area contributed by atoms with Crippen molar-refractivity contribution < 1.29 is 0 Å². The molecular weight excluding hydrogens is 162 g/mol. The topological polar surface area (TPSA) is 36.4 Å². The van der Waals surface area contributed by atoms with Crippen LogP contribution in [0, 0.1) is 5.92 Å². The van der Waals surface area contributed by atoms with Gasteiger partial charge in [-0.2, -0.15) is 0 Å². The Morgan fingerprint density at radius 1 is 1.31 bits per heavy atom. The number of hydrogen-bond acceptors (Lipinski definition) is 3. The van der Waals surface area contributed by atoms with Gasteiger partial charge in [0.05, 0.1) is 5.36 Å². The van der Waals surface area contributed by atoms with Gasteiger partial charge in [0.2, 0.25) is 0 Å². The van der Waals surface area contributed by atoms with Gasteiger partial charge in [-0.3, -0.25) is 4.99 Å². The third-order valence-electron chi connectivity index (χ3n) is 2.66. The molecule has 0 aromatic heterocycles. The largest absolute Gasteiger partial charge is 0.324 e. The van der Waals surface area contributed by atoms with Gasteiger partial charge in [0.15, 0.2) is 0 Å². The molecule has 0 saturated carbocycles. The van der Waals surface area contributed by atoms with Crippen LogP contribution < -0.4 is 21.4 Å². The first-order valence-electron chi connectivity index (χ1n) is 4.58. The molecule has 0 spiro atoms. The standard InChI is InChI=1S/C10H11N3/c1-2-4-9-8(3-1)10-7(5-11-9)6-12-13-10/h1-4,7,12-13H,5-6H2.